The predicted octanol–water partition coefficient (Wildman–Crippen LogP) is 8.34. The second kappa shape index (κ2) is 6.17. The first kappa shape index (κ1) is 20.6. The van der Waals surface area contributed by atoms with Crippen LogP contribution in [-0.4, -0.2) is 22.1 Å². The van der Waals surface area contributed by atoms with E-state index in [-0.39, 0.29) is 4.83 Å². The molecule has 2 unspecified atom stereocenters. The molecule has 0 aromatic carbocycles. The molecule has 0 heterocycles. The lowest BCUT2D eigenvalue weighted by Crippen LogP contribution is -2.72. The van der Waals surface area contributed by atoms with E-state index in [1.165, 1.54) is 0 Å². The van der Waals surface area contributed by atoms with Crippen molar-refractivity contribution in [2.45, 2.75) is 22.1 Å². The summed E-state index contributed by atoms with van der Waals surface area (Å²) in [7, 11) is 0. The summed E-state index contributed by atoms with van der Waals surface area (Å²) >= 11 is 38.2. The fourth-order valence-corrected chi connectivity index (χ4v) is 12.8. The van der Waals surface area contributed by atoms with Gasteiger partial charge >= 0.3 is 0 Å². The van der Waals surface area contributed by atoms with Crippen LogP contribution >= 0.6 is 159 Å². The average molecular weight is 923 g/mol. The monoisotopic (exact) mass is 913 g/mol. The number of alkyl halides is 10. The predicted molar refractivity (Wildman–Crippen MR) is 124 cm³/mol. The molecule has 0 saturated heterocycles. The van der Waals surface area contributed by atoms with Crippen LogP contribution in [0.5, 0.6) is 0 Å². The lowest BCUT2D eigenvalue weighted by Gasteiger charge is -2.63. The van der Waals surface area contributed by atoms with Crippen LogP contribution < -0.4 is 0 Å². The van der Waals surface area contributed by atoms with Gasteiger partial charge in [-0.3, -0.25) is 0 Å². The quantitative estimate of drug-likeness (QED) is 0.215. The molecule has 1 fully saturated rings. The number of hydrogen-bond acceptors (Lipinski definition) is 0. The number of halogens is 10. The Balaban J connectivity index is 2.84. The minimum Gasteiger partial charge on any atom is -0.0825 e. The standard InChI is InChI=1S/C10H4Br10/c11-5-3-1-2-4-6(5,12)8(15,16)10(19,20)9(17,18)7(4,13)14/h1-3,5H. The minimum atomic E-state index is -0.620. The van der Waals surface area contributed by atoms with E-state index < -0.39 is 17.3 Å². The topological polar surface area (TPSA) is 0 Å². The van der Waals surface area contributed by atoms with Crippen LogP contribution in [0, 0.1) is 0 Å². The van der Waals surface area contributed by atoms with Crippen molar-refractivity contribution in [3.8, 4) is 0 Å². The van der Waals surface area contributed by atoms with Crippen molar-refractivity contribution >= 4 is 159 Å². The van der Waals surface area contributed by atoms with Crippen molar-refractivity contribution in [2.24, 2.45) is 0 Å². The lowest BCUT2D eigenvalue weighted by molar-refractivity contribution is 0.502. The SMILES string of the molecule is BrC1C=CC=C2C(Br)(Br)C(Br)(Br)C(Br)(Br)C(Br)(Br)C21Br. The van der Waals surface area contributed by atoms with Gasteiger partial charge in [-0.05, 0) is 5.57 Å². The normalized spacial score (nSPS) is 39.9. The highest BCUT2D eigenvalue weighted by Gasteiger charge is 2.79. The van der Waals surface area contributed by atoms with Crippen LogP contribution in [0.2, 0.25) is 0 Å². The third-order valence-corrected chi connectivity index (χ3v) is 23.1. The van der Waals surface area contributed by atoms with E-state index >= 15 is 0 Å². The summed E-state index contributed by atoms with van der Waals surface area (Å²) in [5.74, 6) is 0. The van der Waals surface area contributed by atoms with Gasteiger partial charge in [0.2, 0.25) is 0 Å². The number of allylic oxidation sites excluding steroid dienone is 4. The zero-order valence-electron chi connectivity index (χ0n) is 9.09. The second-order valence-electron chi connectivity index (χ2n) is 4.38. The summed E-state index contributed by atoms with van der Waals surface area (Å²) in [5, 5.41) is 0. The largest absolute Gasteiger partial charge is 0.137 e. The molecule has 0 aromatic heterocycles. The maximum absolute atomic E-state index is 3.94. The Labute approximate surface area is 201 Å². The molecule has 2 rings (SSSR count). The summed E-state index contributed by atoms with van der Waals surface area (Å²) in [5.41, 5.74) is 1.10. The van der Waals surface area contributed by atoms with Gasteiger partial charge in [-0.15, -0.1) is 0 Å². The fourth-order valence-electron chi connectivity index (χ4n) is 2.12. The van der Waals surface area contributed by atoms with Gasteiger partial charge in [0.05, 0.1) is 9.15 Å². The molecule has 0 aliphatic heterocycles. The molecule has 20 heavy (non-hydrogen) atoms. The molecule has 0 aromatic rings. The molecule has 114 valence electrons. The zero-order chi connectivity index (χ0) is 15.8. The summed E-state index contributed by atoms with van der Waals surface area (Å²) in [6, 6.07) is 0. The van der Waals surface area contributed by atoms with Gasteiger partial charge in [0.15, 0.2) is 0 Å². The molecule has 0 N–H and O–H groups in total. The molecule has 0 radical (unpaired) electrons. The Morgan fingerprint density at radius 3 is 1.75 bits per heavy atom. The van der Waals surface area contributed by atoms with Crippen molar-refractivity contribution in [1.82, 2.24) is 0 Å². The summed E-state index contributed by atoms with van der Waals surface area (Å²) in [6.45, 7) is 0. The maximum atomic E-state index is 3.94. The van der Waals surface area contributed by atoms with Gasteiger partial charge in [0.25, 0.3) is 0 Å². The Bertz CT molecular complexity index is 502. The highest BCUT2D eigenvalue weighted by atomic mass is 79.9. The van der Waals surface area contributed by atoms with E-state index in [1.54, 1.807) is 0 Å². The van der Waals surface area contributed by atoms with Crippen LogP contribution in [0.25, 0.3) is 0 Å². The van der Waals surface area contributed by atoms with Crippen molar-refractivity contribution < 1.29 is 0 Å². The number of rotatable bonds is 0. The van der Waals surface area contributed by atoms with Crippen LogP contribution in [0.3, 0.4) is 0 Å². The third kappa shape index (κ3) is 2.44. The molecular weight excluding hydrogens is 919 g/mol. The zero-order valence-corrected chi connectivity index (χ0v) is 24.9. The molecule has 1 saturated carbocycles. The van der Waals surface area contributed by atoms with Crippen LogP contribution in [0.15, 0.2) is 23.8 Å². The Morgan fingerprint density at radius 1 is 0.750 bits per heavy atom. The fraction of sp³-hybridized carbons (Fsp3) is 0.600. The lowest BCUT2D eigenvalue weighted by atomic mass is 9.78. The summed E-state index contributed by atoms with van der Waals surface area (Å²) < 4.78 is -2.83. The van der Waals surface area contributed by atoms with Crippen molar-refractivity contribution in [1.29, 1.82) is 0 Å². The number of hydrogen-bond donors (Lipinski definition) is 0. The first-order chi connectivity index (χ1) is 8.76. The summed E-state index contributed by atoms with van der Waals surface area (Å²) in [6.07, 6.45) is 6.21. The van der Waals surface area contributed by atoms with E-state index in [0.717, 1.165) is 5.57 Å². The molecule has 0 nitrogen and oxygen atoms in total. The van der Waals surface area contributed by atoms with Crippen molar-refractivity contribution in [3.05, 3.63) is 23.8 Å². The Morgan fingerprint density at radius 2 is 1.25 bits per heavy atom. The van der Waals surface area contributed by atoms with Gasteiger partial charge in [-0.2, -0.15) is 0 Å². The van der Waals surface area contributed by atoms with E-state index in [1.807, 2.05) is 6.08 Å². The van der Waals surface area contributed by atoms with Gasteiger partial charge < -0.3 is 0 Å². The molecule has 10 heteroatoms. The van der Waals surface area contributed by atoms with Gasteiger partial charge in [-0.1, -0.05) is 178 Å². The minimum absolute atomic E-state index is 0.0637. The van der Waals surface area contributed by atoms with Crippen LogP contribution in [0.1, 0.15) is 0 Å². The van der Waals surface area contributed by atoms with Crippen molar-refractivity contribution in [3.63, 3.8) is 0 Å². The van der Waals surface area contributed by atoms with Crippen LogP contribution in [-0.2, 0) is 0 Å². The highest BCUT2D eigenvalue weighted by Crippen LogP contribution is 2.79. The molecule has 0 bridgehead atoms. The third-order valence-electron chi connectivity index (χ3n) is 3.29. The molecule has 2 aliphatic carbocycles. The number of fused-ring (bicyclic) bond motifs is 1. The first-order valence-corrected chi connectivity index (χ1v) is 13.0. The first-order valence-electron chi connectivity index (χ1n) is 5.00. The second-order valence-corrected chi connectivity index (χ2v) is 20.4. The average Bonchev–Trinajstić information content (AvgIpc) is 2.30. The molecule has 2 aliphatic rings. The van der Waals surface area contributed by atoms with Gasteiger partial charge in [0.1, 0.15) is 12.9 Å². The van der Waals surface area contributed by atoms with E-state index in [9.17, 15) is 0 Å². The highest BCUT2D eigenvalue weighted by molar-refractivity contribution is 9.34. The Kier molecular flexibility index (Phi) is 6.35. The molecular formula is C10H4Br10. The smallest absolute Gasteiger partial charge is 0.0825 e. The van der Waals surface area contributed by atoms with E-state index in [2.05, 4.69) is 171 Å². The van der Waals surface area contributed by atoms with Gasteiger partial charge in [-0.25, -0.2) is 0 Å². The van der Waals surface area contributed by atoms with Crippen molar-refractivity contribution in [2.75, 3.05) is 0 Å². The molecule has 2 atom stereocenters. The molecule has 0 amide bonds. The molecule has 0 spiro atoms. The van der Waals surface area contributed by atoms with E-state index in [0.29, 0.717) is 0 Å². The summed E-state index contributed by atoms with van der Waals surface area (Å²) in [4.78, 5) is 0.0637. The van der Waals surface area contributed by atoms with Gasteiger partial charge in [0, 0.05) is 0 Å². The van der Waals surface area contributed by atoms with Crippen LogP contribution in [0.4, 0.5) is 0 Å². The maximum Gasteiger partial charge on any atom is 0.137 e. The Hall–Kier alpha value is 4.28. The van der Waals surface area contributed by atoms with E-state index in [4.69, 9.17) is 0 Å².